The van der Waals surface area contributed by atoms with Crippen LogP contribution >= 0.6 is 11.3 Å². The molecule has 0 bridgehead atoms. The van der Waals surface area contributed by atoms with Gasteiger partial charge in [0.05, 0.1) is 27.8 Å². The molecule has 0 spiro atoms. The summed E-state index contributed by atoms with van der Waals surface area (Å²) in [5, 5.41) is 2.05. The molecule has 0 radical (unpaired) electrons. The Hall–Kier alpha value is -1.74. The molecule has 2 heterocycles. The number of nitrogens with zero attached hydrogens (tertiary/aromatic N) is 2. The first kappa shape index (κ1) is 9.48. The second-order valence-corrected chi connectivity index (χ2v) is 4.62. The van der Waals surface area contributed by atoms with Gasteiger partial charge in [-0.2, -0.15) is 0 Å². The molecule has 0 unspecified atom stereocenters. The third kappa shape index (κ3) is 1.49. The lowest BCUT2D eigenvalue weighted by atomic mass is 10.2. The molecule has 2 aromatic heterocycles. The van der Waals surface area contributed by atoms with Crippen LogP contribution in [0.2, 0.25) is 0 Å². The van der Waals surface area contributed by atoms with E-state index >= 15 is 0 Å². The number of aryl methyl sites for hydroxylation is 1. The first-order chi connectivity index (χ1) is 7.84. The second kappa shape index (κ2) is 3.68. The van der Waals surface area contributed by atoms with Crippen molar-refractivity contribution in [2.24, 2.45) is 0 Å². The van der Waals surface area contributed by atoms with Crippen molar-refractivity contribution in [3.05, 3.63) is 47.5 Å². The fraction of sp³-hybridized carbons (Fsp3) is 0.0769. The Labute approximate surface area is 97.6 Å². The molecular formula is C13H10N2S. The van der Waals surface area contributed by atoms with E-state index in [9.17, 15) is 0 Å². The highest BCUT2D eigenvalue weighted by molar-refractivity contribution is 7.13. The number of fused-ring (bicyclic) bond motifs is 1. The number of rotatable bonds is 1. The standard InChI is InChI=1S/C13H10N2S/c1-9-4-2-5-10-13(9)14-8-11(15-10)12-6-3-7-16-12/h2-8H,1H3. The molecule has 0 amide bonds. The van der Waals surface area contributed by atoms with E-state index in [0.717, 1.165) is 21.6 Å². The lowest BCUT2D eigenvalue weighted by Crippen LogP contribution is -1.88. The molecule has 3 heteroatoms. The number of benzene rings is 1. The first-order valence-electron chi connectivity index (χ1n) is 5.11. The van der Waals surface area contributed by atoms with Crippen LogP contribution < -0.4 is 0 Å². The van der Waals surface area contributed by atoms with Gasteiger partial charge in [0, 0.05) is 0 Å². The Morgan fingerprint density at radius 1 is 1.12 bits per heavy atom. The molecule has 0 fully saturated rings. The fourth-order valence-corrected chi connectivity index (χ4v) is 2.41. The maximum absolute atomic E-state index is 4.63. The van der Waals surface area contributed by atoms with E-state index < -0.39 is 0 Å². The third-order valence-electron chi connectivity index (χ3n) is 2.55. The summed E-state index contributed by atoms with van der Waals surface area (Å²) in [6.07, 6.45) is 1.85. The topological polar surface area (TPSA) is 25.8 Å². The normalized spacial score (nSPS) is 10.8. The number of thiophene rings is 1. The fourth-order valence-electron chi connectivity index (χ4n) is 1.73. The molecular weight excluding hydrogens is 216 g/mol. The Balaban J connectivity index is 2.24. The summed E-state index contributed by atoms with van der Waals surface area (Å²) >= 11 is 1.69. The Kier molecular flexibility index (Phi) is 2.18. The Bertz CT molecular complexity index is 629. The van der Waals surface area contributed by atoms with Crippen molar-refractivity contribution in [3.8, 4) is 10.6 Å². The maximum Gasteiger partial charge on any atom is 0.0992 e. The van der Waals surface area contributed by atoms with Gasteiger partial charge in [-0.25, -0.2) is 4.98 Å². The van der Waals surface area contributed by atoms with Crippen molar-refractivity contribution in [2.75, 3.05) is 0 Å². The third-order valence-corrected chi connectivity index (χ3v) is 3.44. The van der Waals surface area contributed by atoms with Crippen LogP contribution in [-0.2, 0) is 0 Å². The minimum Gasteiger partial charge on any atom is -0.252 e. The molecule has 0 aliphatic heterocycles. The maximum atomic E-state index is 4.63. The molecule has 0 saturated heterocycles. The molecule has 78 valence electrons. The molecule has 0 saturated carbocycles. The van der Waals surface area contributed by atoms with E-state index in [-0.39, 0.29) is 0 Å². The zero-order valence-corrected chi connectivity index (χ0v) is 9.66. The second-order valence-electron chi connectivity index (χ2n) is 3.68. The van der Waals surface area contributed by atoms with Gasteiger partial charge in [-0.15, -0.1) is 11.3 Å². The van der Waals surface area contributed by atoms with Crippen LogP contribution in [0, 0.1) is 6.92 Å². The van der Waals surface area contributed by atoms with Gasteiger partial charge in [-0.3, -0.25) is 4.98 Å². The first-order valence-corrected chi connectivity index (χ1v) is 5.99. The Morgan fingerprint density at radius 3 is 2.88 bits per heavy atom. The number of aromatic nitrogens is 2. The number of hydrogen-bond acceptors (Lipinski definition) is 3. The number of hydrogen-bond donors (Lipinski definition) is 0. The van der Waals surface area contributed by atoms with Crippen molar-refractivity contribution in [1.82, 2.24) is 9.97 Å². The van der Waals surface area contributed by atoms with Crippen LogP contribution in [0.25, 0.3) is 21.6 Å². The largest absolute Gasteiger partial charge is 0.252 e. The summed E-state index contributed by atoms with van der Waals surface area (Å²) in [7, 11) is 0. The SMILES string of the molecule is Cc1cccc2nc(-c3cccs3)cnc12. The smallest absolute Gasteiger partial charge is 0.0992 e. The van der Waals surface area contributed by atoms with Crippen LogP contribution in [0.15, 0.2) is 41.9 Å². The van der Waals surface area contributed by atoms with Gasteiger partial charge < -0.3 is 0 Å². The van der Waals surface area contributed by atoms with Crippen LogP contribution in [0.5, 0.6) is 0 Å². The van der Waals surface area contributed by atoms with E-state index in [2.05, 4.69) is 34.4 Å². The predicted octanol–water partition coefficient (Wildman–Crippen LogP) is 3.67. The summed E-state index contributed by atoms with van der Waals surface area (Å²) in [4.78, 5) is 10.3. The minimum absolute atomic E-state index is 0.952. The van der Waals surface area contributed by atoms with Crippen LogP contribution in [0.3, 0.4) is 0 Å². The van der Waals surface area contributed by atoms with E-state index in [4.69, 9.17) is 0 Å². The molecule has 1 aromatic carbocycles. The highest BCUT2D eigenvalue weighted by Crippen LogP contribution is 2.24. The molecule has 3 rings (SSSR count). The molecule has 0 N–H and O–H groups in total. The van der Waals surface area contributed by atoms with Crippen molar-refractivity contribution in [2.45, 2.75) is 6.92 Å². The minimum atomic E-state index is 0.952. The van der Waals surface area contributed by atoms with E-state index in [1.807, 2.05) is 24.4 Å². The zero-order valence-electron chi connectivity index (χ0n) is 8.84. The van der Waals surface area contributed by atoms with Gasteiger partial charge in [-0.05, 0) is 30.0 Å². The van der Waals surface area contributed by atoms with Gasteiger partial charge in [0.25, 0.3) is 0 Å². The lowest BCUT2D eigenvalue weighted by Gasteiger charge is -2.02. The van der Waals surface area contributed by atoms with Crippen molar-refractivity contribution in [3.63, 3.8) is 0 Å². The predicted molar refractivity (Wildman–Crippen MR) is 67.6 cm³/mol. The average molecular weight is 226 g/mol. The summed E-state index contributed by atoms with van der Waals surface area (Å²) in [6, 6.07) is 10.2. The zero-order chi connectivity index (χ0) is 11.0. The van der Waals surface area contributed by atoms with Crippen molar-refractivity contribution < 1.29 is 0 Å². The van der Waals surface area contributed by atoms with E-state index in [1.54, 1.807) is 11.3 Å². The Morgan fingerprint density at radius 2 is 2.06 bits per heavy atom. The van der Waals surface area contributed by atoms with Crippen molar-refractivity contribution >= 4 is 22.4 Å². The lowest BCUT2D eigenvalue weighted by molar-refractivity contribution is 1.28. The summed E-state index contributed by atoms with van der Waals surface area (Å²) < 4.78 is 0. The molecule has 0 aliphatic rings. The average Bonchev–Trinajstić information content (AvgIpc) is 2.82. The molecule has 3 aromatic rings. The van der Waals surface area contributed by atoms with Gasteiger partial charge in [-0.1, -0.05) is 18.2 Å². The summed E-state index contributed by atoms with van der Waals surface area (Å²) in [6.45, 7) is 2.06. The monoisotopic (exact) mass is 226 g/mol. The molecule has 16 heavy (non-hydrogen) atoms. The quantitative estimate of drug-likeness (QED) is 0.632. The molecule has 0 atom stereocenters. The van der Waals surface area contributed by atoms with Crippen LogP contribution in [0.1, 0.15) is 5.56 Å². The molecule has 2 nitrogen and oxygen atoms in total. The van der Waals surface area contributed by atoms with E-state index in [1.165, 1.54) is 5.56 Å². The highest BCUT2D eigenvalue weighted by Gasteiger charge is 2.04. The summed E-state index contributed by atoms with van der Waals surface area (Å²) in [5.74, 6) is 0. The van der Waals surface area contributed by atoms with Gasteiger partial charge in [0.2, 0.25) is 0 Å². The van der Waals surface area contributed by atoms with Gasteiger partial charge in [0.1, 0.15) is 0 Å². The van der Waals surface area contributed by atoms with Crippen LogP contribution in [-0.4, -0.2) is 9.97 Å². The van der Waals surface area contributed by atoms with Crippen LogP contribution in [0.4, 0.5) is 0 Å². The highest BCUT2D eigenvalue weighted by atomic mass is 32.1. The summed E-state index contributed by atoms with van der Waals surface area (Å²) in [5.41, 5.74) is 4.07. The molecule has 0 aliphatic carbocycles. The van der Waals surface area contributed by atoms with Gasteiger partial charge in [0.15, 0.2) is 0 Å². The van der Waals surface area contributed by atoms with E-state index in [0.29, 0.717) is 0 Å². The number of para-hydroxylation sites is 1. The van der Waals surface area contributed by atoms with Crippen molar-refractivity contribution in [1.29, 1.82) is 0 Å². The van der Waals surface area contributed by atoms with Gasteiger partial charge >= 0.3 is 0 Å².